The van der Waals surface area contributed by atoms with Gasteiger partial charge in [-0.25, -0.2) is 0 Å². The topological polar surface area (TPSA) is 65.0 Å². The highest BCUT2D eigenvalue weighted by Crippen LogP contribution is 2.63. The molecule has 4 atom stereocenters. The third-order valence-corrected chi connectivity index (χ3v) is 15.6. The third kappa shape index (κ3) is 3.69. The summed E-state index contributed by atoms with van der Waals surface area (Å²) in [6, 6.07) is 0. The summed E-state index contributed by atoms with van der Waals surface area (Å²) in [5.41, 5.74) is 0.461. The zero-order valence-electron chi connectivity index (χ0n) is 21.1. The summed E-state index contributed by atoms with van der Waals surface area (Å²) >= 11 is 0. The minimum absolute atomic E-state index is 0.0277. The first-order chi connectivity index (χ1) is 14.4. The summed E-state index contributed by atoms with van der Waals surface area (Å²) in [4.78, 5) is 13.4. The summed E-state index contributed by atoms with van der Waals surface area (Å²) in [7, 11) is -1.98. The van der Waals surface area contributed by atoms with Gasteiger partial charge in [-0.2, -0.15) is 0 Å². The number of aliphatic hydroxyl groups excluding tert-OH is 1. The van der Waals surface area contributed by atoms with Crippen molar-refractivity contribution >= 4 is 14.1 Å². The maximum atomic E-state index is 13.4. The van der Waals surface area contributed by atoms with Crippen LogP contribution in [-0.2, 0) is 18.7 Å². The normalized spacial score (nSPS) is 36.1. The highest BCUT2D eigenvalue weighted by molar-refractivity contribution is 6.77. The molecule has 3 rings (SSSR count). The molecule has 0 unspecified atom stereocenters. The SMILES string of the molecule is CC(C)[Si](OCC[C@]1(C)C(=O)C[C@@H](O)[C@@]2(C)[C@H]1CCCC21OCCO1)(C(C)C)C(C)C. The van der Waals surface area contributed by atoms with Crippen LogP contribution in [0.1, 0.15) is 87.5 Å². The Kier molecular flexibility index (Phi) is 7.22. The zero-order chi connectivity index (χ0) is 23.2. The summed E-state index contributed by atoms with van der Waals surface area (Å²) in [5, 5.41) is 11.2. The Labute approximate surface area is 190 Å². The minimum atomic E-state index is -1.98. The number of hydrogen-bond donors (Lipinski definition) is 1. The van der Waals surface area contributed by atoms with Gasteiger partial charge in [-0.15, -0.1) is 0 Å². The molecule has 0 bridgehead atoms. The predicted octanol–water partition coefficient (Wildman–Crippen LogP) is 5.46. The number of hydrogen-bond acceptors (Lipinski definition) is 5. The second kappa shape index (κ2) is 8.82. The lowest BCUT2D eigenvalue weighted by atomic mass is 9.47. The van der Waals surface area contributed by atoms with Gasteiger partial charge in [-0.3, -0.25) is 4.79 Å². The molecule has 1 N–H and O–H groups in total. The Morgan fingerprint density at radius 1 is 1.06 bits per heavy atom. The van der Waals surface area contributed by atoms with E-state index >= 15 is 0 Å². The smallest absolute Gasteiger partial charge is 0.200 e. The van der Waals surface area contributed by atoms with E-state index in [0.29, 0.717) is 42.9 Å². The number of rotatable bonds is 7. The van der Waals surface area contributed by atoms with Gasteiger partial charge in [0.05, 0.1) is 24.7 Å². The Morgan fingerprint density at radius 2 is 1.61 bits per heavy atom. The van der Waals surface area contributed by atoms with Gasteiger partial charge in [0.2, 0.25) is 0 Å². The zero-order valence-corrected chi connectivity index (χ0v) is 22.1. The monoisotopic (exact) mass is 454 g/mol. The van der Waals surface area contributed by atoms with E-state index in [1.807, 2.05) is 0 Å². The van der Waals surface area contributed by atoms with Crippen LogP contribution in [-0.4, -0.2) is 50.9 Å². The van der Waals surface area contributed by atoms with Crippen molar-refractivity contribution in [1.29, 1.82) is 0 Å². The molecule has 0 aromatic heterocycles. The van der Waals surface area contributed by atoms with Gasteiger partial charge in [0.1, 0.15) is 5.78 Å². The van der Waals surface area contributed by atoms with E-state index in [2.05, 4.69) is 55.4 Å². The van der Waals surface area contributed by atoms with Crippen molar-refractivity contribution in [1.82, 2.24) is 0 Å². The first-order valence-electron chi connectivity index (χ1n) is 12.5. The van der Waals surface area contributed by atoms with Crippen LogP contribution in [0.2, 0.25) is 16.6 Å². The first-order valence-corrected chi connectivity index (χ1v) is 14.7. The van der Waals surface area contributed by atoms with Crippen molar-refractivity contribution in [3.05, 3.63) is 0 Å². The maximum Gasteiger partial charge on any atom is 0.200 e. The summed E-state index contributed by atoms with van der Waals surface area (Å²) < 4.78 is 19.2. The molecule has 0 aromatic rings. The van der Waals surface area contributed by atoms with Crippen LogP contribution in [0.5, 0.6) is 0 Å². The lowest BCUT2D eigenvalue weighted by Crippen LogP contribution is -2.68. The van der Waals surface area contributed by atoms with Crippen molar-refractivity contribution in [3.63, 3.8) is 0 Å². The average molecular weight is 455 g/mol. The Morgan fingerprint density at radius 3 is 2.13 bits per heavy atom. The summed E-state index contributed by atoms with van der Waals surface area (Å²) in [6.07, 6.45) is 2.83. The van der Waals surface area contributed by atoms with Gasteiger partial charge in [-0.1, -0.05) is 55.4 Å². The van der Waals surface area contributed by atoms with E-state index in [1.165, 1.54) is 0 Å². The van der Waals surface area contributed by atoms with Crippen molar-refractivity contribution in [3.8, 4) is 0 Å². The molecule has 5 nitrogen and oxygen atoms in total. The van der Waals surface area contributed by atoms with Gasteiger partial charge < -0.3 is 19.0 Å². The number of ketones is 1. The quantitative estimate of drug-likeness (QED) is 0.518. The maximum absolute atomic E-state index is 13.4. The number of carbonyl (C=O) groups is 1. The molecule has 3 fully saturated rings. The number of fused-ring (bicyclic) bond motifs is 2. The van der Waals surface area contributed by atoms with Crippen molar-refractivity contribution < 1.29 is 23.8 Å². The van der Waals surface area contributed by atoms with Crippen molar-refractivity contribution in [2.24, 2.45) is 16.7 Å². The van der Waals surface area contributed by atoms with E-state index < -0.39 is 31.0 Å². The van der Waals surface area contributed by atoms with Crippen LogP contribution in [0.3, 0.4) is 0 Å². The summed E-state index contributed by atoms with van der Waals surface area (Å²) in [5.74, 6) is -0.559. The molecule has 1 spiro atoms. The average Bonchev–Trinajstić information content (AvgIpc) is 3.15. The van der Waals surface area contributed by atoms with Gasteiger partial charge in [-0.05, 0) is 41.8 Å². The lowest BCUT2D eigenvalue weighted by molar-refractivity contribution is -0.311. The Balaban J connectivity index is 1.87. The van der Waals surface area contributed by atoms with Crippen LogP contribution in [0.25, 0.3) is 0 Å². The van der Waals surface area contributed by atoms with Crippen molar-refractivity contribution in [2.45, 2.75) is 116 Å². The van der Waals surface area contributed by atoms with Crippen LogP contribution < -0.4 is 0 Å². The number of Topliss-reactive ketones (excluding diaryl/α,β-unsaturated/α-hetero) is 1. The molecule has 1 saturated heterocycles. The predicted molar refractivity (Wildman–Crippen MR) is 125 cm³/mol. The van der Waals surface area contributed by atoms with Gasteiger partial charge in [0, 0.05) is 24.9 Å². The molecular weight excluding hydrogens is 408 g/mol. The van der Waals surface area contributed by atoms with E-state index in [0.717, 1.165) is 19.3 Å². The summed E-state index contributed by atoms with van der Waals surface area (Å²) in [6.45, 7) is 19.7. The fraction of sp³-hybridized carbons (Fsp3) is 0.960. The van der Waals surface area contributed by atoms with Crippen LogP contribution in [0.4, 0.5) is 0 Å². The Hall–Kier alpha value is -0.273. The van der Waals surface area contributed by atoms with E-state index in [1.54, 1.807) is 0 Å². The standard InChI is InChI=1S/C25H46O5Si/c1-17(2)31(18(3)4,19(5)6)30-13-12-23(7)20-10-9-11-25(28-14-15-29-25)24(20,8)22(27)16-21(23)26/h17-20,22,27H,9-16H2,1-8H3/t20-,22+,23-,24+/m0/s1. The number of aliphatic hydroxyl groups is 1. The number of ether oxygens (including phenoxy) is 2. The molecular formula is C25H46O5Si. The molecule has 0 radical (unpaired) electrons. The minimum Gasteiger partial charge on any atom is -0.416 e. The van der Waals surface area contributed by atoms with Gasteiger partial charge in [0.15, 0.2) is 14.1 Å². The largest absolute Gasteiger partial charge is 0.416 e. The molecule has 1 aliphatic heterocycles. The highest BCUT2D eigenvalue weighted by atomic mass is 28.4. The Bertz CT molecular complexity index is 635. The molecule has 2 aliphatic carbocycles. The molecule has 2 saturated carbocycles. The number of carbonyl (C=O) groups excluding carboxylic acids is 1. The van der Waals surface area contributed by atoms with Crippen LogP contribution in [0, 0.1) is 16.7 Å². The van der Waals surface area contributed by atoms with E-state index in [4.69, 9.17) is 13.9 Å². The molecule has 0 aromatic carbocycles. The highest BCUT2D eigenvalue weighted by Gasteiger charge is 2.69. The molecule has 180 valence electrons. The molecule has 3 aliphatic rings. The van der Waals surface area contributed by atoms with Crippen LogP contribution in [0.15, 0.2) is 0 Å². The van der Waals surface area contributed by atoms with E-state index in [9.17, 15) is 9.90 Å². The molecule has 6 heteroatoms. The third-order valence-electron chi connectivity index (χ3n) is 9.45. The van der Waals surface area contributed by atoms with Crippen molar-refractivity contribution in [2.75, 3.05) is 19.8 Å². The van der Waals surface area contributed by atoms with Gasteiger partial charge in [0.25, 0.3) is 0 Å². The van der Waals surface area contributed by atoms with E-state index in [-0.39, 0.29) is 18.1 Å². The fourth-order valence-corrected chi connectivity index (χ4v) is 13.3. The second-order valence-electron chi connectivity index (χ2n) is 11.7. The first kappa shape index (κ1) is 25.4. The second-order valence-corrected chi connectivity index (χ2v) is 17.1. The van der Waals surface area contributed by atoms with Crippen LogP contribution >= 0.6 is 0 Å². The fourth-order valence-electron chi connectivity index (χ4n) is 7.82. The lowest BCUT2D eigenvalue weighted by Gasteiger charge is -2.61. The molecule has 0 amide bonds. The molecule has 1 heterocycles. The molecule has 31 heavy (non-hydrogen) atoms. The van der Waals surface area contributed by atoms with Gasteiger partial charge >= 0.3 is 0 Å².